The van der Waals surface area contributed by atoms with Crippen molar-refractivity contribution in [2.24, 2.45) is 0 Å². The Hall–Kier alpha value is -2.73. The zero-order valence-electron chi connectivity index (χ0n) is 14.7. The average molecular weight is 378 g/mol. The van der Waals surface area contributed by atoms with Crippen molar-refractivity contribution >= 4 is 23.5 Å². The van der Waals surface area contributed by atoms with Gasteiger partial charge in [0, 0.05) is 5.02 Å². The number of hydrogen-bond donors (Lipinski definition) is 1. The fourth-order valence-electron chi connectivity index (χ4n) is 2.29. The molecule has 0 saturated carbocycles. The topological polar surface area (TPSA) is 73.9 Å². The minimum Gasteiger partial charge on any atom is -0.493 e. The number of amides is 1. The summed E-state index contributed by atoms with van der Waals surface area (Å²) in [4.78, 5) is 23.7. The van der Waals surface area contributed by atoms with E-state index in [1.165, 1.54) is 26.4 Å². The van der Waals surface area contributed by atoms with Crippen LogP contribution in [0, 0.1) is 0 Å². The van der Waals surface area contributed by atoms with Gasteiger partial charge in [-0.2, -0.15) is 0 Å². The first-order valence-electron chi connectivity index (χ1n) is 7.88. The molecule has 2 aromatic rings. The molecule has 26 heavy (non-hydrogen) atoms. The van der Waals surface area contributed by atoms with Crippen molar-refractivity contribution in [3.8, 4) is 11.5 Å². The first-order chi connectivity index (χ1) is 12.4. The van der Waals surface area contributed by atoms with E-state index in [1.54, 1.807) is 18.2 Å². The normalized spacial score (nSPS) is 11.4. The zero-order valence-corrected chi connectivity index (χ0v) is 15.5. The molecule has 0 unspecified atom stereocenters. The number of halogens is 1. The molecule has 6 nitrogen and oxygen atoms in total. The Bertz CT molecular complexity index is 776. The third-order valence-electron chi connectivity index (χ3n) is 3.69. The fraction of sp³-hybridized carbons (Fsp3) is 0.263. The van der Waals surface area contributed by atoms with Crippen LogP contribution in [0.1, 0.15) is 28.9 Å². The summed E-state index contributed by atoms with van der Waals surface area (Å²) >= 11 is 5.86. The number of ether oxygens (including phenoxy) is 3. The Labute approximate surface area is 157 Å². The van der Waals surface area contributed by atoms with Crippen LogP contribution in [0.15, 0.2) is 42.5 Å². The maximum absolute atomic E-state index is 12.1. The van der Waals surface area contributed by atoms with Gasteiger partial charge in [-0.15, -0.1) is 0 Å². The summed E-state index contributed by atoms with van der Waals surface area (Å²) in [7, 11) is 2.75. The van der Waals surface area contributed by atoms with E-state index >= 15 is 0 Å². The SMILES string of the molecule is COC(=O)c1ccc(OCC(=O)N[C@@H](C)c2ccc(Cl)cc2)c(OC)c1. The van der Waals surface area contributed by atoms with E-state index in [0.29, 0.717) is 22.1 Å². The predicted molar refractivity (Wildman–Crippen MR) is 97.8 cm³/mol. The smallest absolute Gasteiger partial charge is 0.337 e. The summed E-state index contributed by atoms with van der Waals surface area (Å²) in [5.41, 5.74) is 1.26. The molecule has 1 N–H and O–H groups in total. The molecule has 1 atom stereocenters. The highest BCUT2D eigenvalue weighted by atomic mass is 35.5. The molecule has 0 fully saturated rings. The Morgan fingerprint density at radius 3 is 2.38 bits per heavy atom. The maximum Gasteiger partial charge on any atom is 0.337 e. The van der Waals surface area contributed by atoms with Crippen molar-refractivity contribution in [1.29, 1.82) is 0 Å². The lowest BCUT2D eigenvalue weighted by molar-refractivity contribution is -0.123. The quantitative estimate of drug-likeness (QED) is 0.748. The van der Waals surface area contributed by atoms with Crippen LogP contribution < -0.4 is 14.8 Å². The Morgan fingerprint density at radius 2 is 1.77 bits per heavy atom. The molecule has 0 spiro atoms. The van der Waals surface area contributed by atoms with Crippen LogP contribution in [-0.4, -0.2) is 32.7 Å². The minimum atomic E-state index is -0.482. The molecule has 0 bridgehead atoms. The lowest BCUT2D eigenvalue weighted by atomic mass is 10.1. The van der Waals surface area contributed by atoms with Gasteiger partial charge < -0.3 is 19.5 Å². The van der Waals surface area contributed by atoms with Crippen LogP contribution in [0.3, 0.4) is 0 Å². The predicted octanol–water partition coefficient (Wildman–Crippen LogP) is 3.39. The van der Waals surface area contributed by atoms with Gasteiger partial charge in [-0.05, 0) is 42.8 Å². The van der Waals surface area contributed by atoms with Crippen LogP contribution in [0.4, 0.5) is 0 Å². The second-order valence-electron chi connectivity index (χ2n) is 5.49. The van der Waals surface area contributed by atoms with Crippen LogP contribution in [0.5, 0.6) is 11.5 Å². The first kappa shape index (κ1) is 19.6. The molecule has 1 amide bonds. The van der Waals surface area contributed by atoms with Crippen LogP contribution >= 0.6 is 11.6 Å². The number of rotatable bonds is 7. The molecular formula is C19H20ClNO5. The molecule has 0 saturated heterocycles. The van der Waals surface area contributed by atoms with E-state index in [4.69, 9.17) is 21.1 Å². The highest BCUT2D eigenvalue weighted by Crippen LogP contribution is 2.28. The largest absolute Gasteiger partial charge is 0.493 e. The highest BCUT2D eigenvalue weighted by molar-refractivity contribution is 6.30. The van der Waals surface area contributed by atoms with Crippen LogP contribution in [0.25, 0.3) is 0 Å². The summed E-state index contributed by atoms with van der Waals surface area (Å²) in [6, 6.07) is 11.6. The molecular weight excluding hydrogens is 358 g/mol. The number of esters is 1. The number of carbonyl (C=O) groups excluding carboxylic acids is 2. The van der Waals surface area contributed by atoms with E-state index in [1.807, 2.05) is 19.1 Å². The average Bonchev–Trinajstić information content (AvgIpc) is 2.66. The number of methoxy groups -OCH3 is 2. The molecule has 2 aromatic carbocycles. The summed E-state index contributed by atoms with van der Waals surface area (Å²) < 4.78 is 15.4. The lowest BCUT2D eigenvalue weighted by Gasteiger charge is -2.16. The number of carbonyl (C=O) groups is 2. The van der Waals surface area contributed by atoms with Crippen molar-refractivity contribution in [2.75, 3.05) is 20.8 Å². The molecule has 0 radical (unpaired) electrons. The molecule has 0 heterocycles. The van der Waals surface area contributed by atoms with Crippen LogP contribution in [0.2, 0.25) is 5.02 Å². The van der Waals surface area contributed by atoms with Gasteiger partial charge in [-0.25, -0.2) is 4.79 Å². The summed E-state index contributed by atoms with van der Waals surface area (Å²) in [5.74, 6) is -0.0724. The third-order valence-corrected chi connectivity index (χ3v) is 3.94. The maximum atomic E-state index is 12.1. The molecule has 0 aliphatic heterocycles. The summed E-state index contributed by atoms with van der Waals surface area (Å²) in [6.45, 7) is 1.68. The lowest BCUT2D eigenvalue weighted by Crippen LogP contribution is -2.31. The number of nitrogens with one attached hydrogen (secondary N) is 1. The van der Waals surface area contributed by atoms with Gasteiger partial charge in [-0.1, -0.05) is 23.7 Å². The molecule has 138 valence electrons. The van der Waals surface area contributed by atoms with Crippen molar-refractivity contribution < 1.29 is 23.8 Å². The molecule has 2 rings (SSSR count). The van der Waals surface area contributed by atoms with Gasteiger partial charge in [0.15, 0.2) is 18.1 Å². The Balaban J connectivity index is 1.96. The van der Waals surface area contributed by atoms with Gasteiger partial charge in [0.25, 0.3) is 5.91 Å². The van der Waals surface area contributed by atoms with Crippen molar-refractivity contribution in [1.82, 2.24) is 5.32 Å². The van der Waals surface area contributed by atoms with E-state index in [9.17, 15) is 9.59 Å². The van der Waals surface area contributed by atoms with Gasteiger partial charge in [-0.3, -0.25) is 4.79 Å². The van der Waals surface area contributed by atoms with Crippen LogP contribution in [-0.2, 0) is 9.53 Å². The summed E-state index contributed by atoms with van der Waals surface area (Å²) in [6.07, 6.45) is 0. The molecule has 7 heteroatoms. The van der Waals surface area contributed by atoms with Crippen molar-refractivity contribution in [2.45, 2.75) is 13.0 Å². The van der Waals surface area contributed by atoms with E-state index < -0.39 is 5.97 Å². The van der Waals surface area contributed by atoms with Gasteiger partial charge >= 0.3 is 5.97 Å². The van der Waals surface area contributed by atoms with E-state index in [-0.39, 0.29) is 18.6 Å². The third kappa shape index (κ3) is 5.13. The molecule has 0 aromatic heterocycles. The molecule has 0 aliphatic carbocycles. The van der Waals surface area contributed by atoms with Crippen molar-refractivity contribution in [3.63, 3.8) is 0 Å². The second kappa shape index (κ2) is 9.10. The monoisotopic (exact) mass is 377 g/mol. The Kier molecular flexibility index (Phi) is 6.86. The highest BCUT2D eigenvalue weighted by Gasteiger charge is 2.14. The number of benzene rings is 2. The van der Waals surface area contributed by atoms with Gasteiger partial charge in [0.1, 0.15) is 0 Å². The fourth-order valence-corrected chi connectivity index (χ4v) is 2.42. The zero-order chi connectivity index (χ0) is 19.1. The first-order valence-corrected chi connectivity index (χ1v) is 8.26. The minimum absolute atomic E-state index is 0.188. The summed E-state index contributed by atoms with van der Waals surface area (Å²) in [5, 5.41) is 3.48. The van der Waals surface area contributed by atoms with E-state index in [2.05, 4.69) is 10.1 Å². The standard InChI is InChI=1S/C19H20ClNO5/c1-12(13-4-7-15(20)8-5-13)21-18(22)11-26-16-9-6-14(19(23)25-3)10-17(16)24-2/h4-10,12H,11H2,1-3H3,(H,21,22)/t12-/m0/s1. The van der Waals surface area contributed by atoms with Gasteiger partial charge in [0.05, 0.1) is 25.8 Å². The molecule has 0 aliphatic rings. The van der Waals surface area contributed by atoms with Crippen molar-refractivity contribution in [3.05, 3.63) is 58.6 Å². The second-order valence-corrected chi connectivity index (χ2v) is 5.92. The Morgan fingerprint density at radius 1 is 1.08 bits per heavy atom. The number of hydrogen-bond acceptors (Lipinski definition) is 5. The van der Waals surface area contributed by atoms with Gasteiger partial charge in [0.2, 0.25) is 0 Å². The van der Waals surface area contributed by atoms with E-state index in [0.717, 1.165) is 5.56 Å².